The van der Waals surface area contributed by atoms with Crippen molar-refractivity contribution >= 4 is 49.9 Å². The SMILES string of the molecule is c1ccc(-c2ccc(N(c3cc(-c4ccccc4)c4ccccc4c3)c3cccc4c3oc3ncccc34)cc2)cc1. The van der Waals surface area contributed by atoms with Crippen LogP contribution in [0.2, 0.25) is 0 Å². The second-order valence-electron chi connectivity index (χ2n) is 10.4. The van der Waals surface area contributed by atoms with Crippen LogP contribution in [0.15, 0.2) is 162 Å². The monoisotopic (exact) mass is 538 g/mol. The number of aromatic nitrogens is 1. The molecular weight excluding hydrogens is 512 g/mol. The highest BCUT2D eigenvalue weighted by Gasteiger charge is 2.21. The van der Waals surface area contributed by atoms with Crippen molar-refractivity contribution in [2.75, 3.05) is 4.90 Å². The van der Waals surface area contributed by atoms with E-state index >= 15 is 0 Å². The molecule has 0 N–H and O–H groups in total. The van der Waals surface area contributed by atoms with E-state index in [0.29, 0.717) is 5.71 Å². The van der Waals surface area contributed by atoms with Crippen molar-refractivity contribution in [2.24, 2.45) is 0 Å². The van der Waals surface area contributed by atoms with Crippen molar-refractivity contribution in [3.8, 4) is 22.3 Å². The van der Waals surface area contributed by atoms with Crippen molar-refractivity contribution in [2.45, 2.75) is 0 Å². The van der Waals surface area contributed by atoms with Crippen LogP contribution in [0.5, 0.6) is 0 Å². The summed E-state index contributed by atoms with van der Waals surface area (Å²) in [4.78, 5) is 6.82. The second kappa shape index (κ2) is 10.1. The lowest BCUT2D eigenvalue weighted by molar-refractivity contribution is 0.654. The quantitative estimate of drug-likeness (QED) is 0.218. The van der Waals surface area contributed by atoms with E-state index in [1.807, 2.05) is 12.1 Å². The maximum absolute atomic E-state index is 6.45. The minimum atomic E-state index is 0.641. The number of nitrogens with zero attached hydrogens (tertiary/aromatic N) is 2. The molecule has 6 aromatic carbocycles. The van der Waals surface area contributed by atoms with Crippen LogP contribution in [-0.2, 0) is 0 Å². The van der Waals surface area contributed by atoms with E-state index in [4.69, 9.17) is 4.42 Å². The molecule has 2 aromatic heterocycles. The average Bonchev–Trinajstić information content (AvgIpc) is 3.45. The summed E-state index contributed by atoms with van der Waals surface area (Å²) in [6.07, 6.45) is 1.78. The number of pyridine rings is 1. The third-order valence-corrected chi connectivity index (χ3v) is 7.92. The highest BCUT2D eigenvalue weighted by Crippen LogP contribution is 2.44. The molecule has 0 saturated heterocycles. The van der Waals surface area contributed by atoms with Gasteiger partial charge in [-0.25, -0.2) is 4.98 Å². The molecule has 0 bridgehead atoms. The highest BCUT2D eigenvalue weighted by molar-refractivity contribution is 6.10. The number of anilines is 3. The number of benzene rings is 6. The molecule has 3 nitrogen and oxygen atoms in total. The third kappa shape index (κ3) is 4.11. The Morgan fingerprint density at radius 2 is 1.14 bits per heavy atom. The van der Waals surface area contributed by atoms with Gasteiger partial charge in [0.25, 0.3) is 0 Å². The van der Waals surface area contributed by atoms with E-state index in [-0.39, 0.29) is 0 Å². The third-order valence-electron chi connectivity index (χ3n) is 7.92. The van der Waals surface area contributed by atoms with Gasteiger partial charge in [0.05, 0.1) is 5.69 Å². The van der Waals surface area contributed by atoms with Gasteiger partial charge in [-0.2, -0.15) is 0 Å². The molecule has 8 aromatic rings. The lowest BCUT2D eigenvalue weighted by atomic mass is 9.96. The standard InChI is InChI=1S/C39H26N2O/c1-3-11-27(12-4-1)28-20-22-31(23-21-28)41(37-19-9-17-34-35-18-10-24-40-39(35)42-38(34)37)32-25-30-15-7-8-16-33(30)36(26-32)29-13-5-2-6-14-29/h1-26H. The number of para-hydroxylation sites is 1. The van der Waals surface area contributed by atoms with Crippen LogP contribution in [0.3, 0.4) is 0 Å². The van der Waals surface area contributed by atoms with Gasteiger partial charge in [0.1, 0.15) is 0 Å². The first-order valence-electron chi connectivity index (χ1n) is 14.1. The Bertz CT molecular complexity index is 2180. The molecule has 8 rings (SSSR count). The highest BCUT2D eigenvalue weighted by atomic mass is 16.3. The molecule has 0 spiro atoms. The predicted octanol–water partition coefficient (Wildman–Crippen LogP) is 10.9. The number of hydrogen-bond acceptors (Lipinski definition) is 3. The van der Waals surface area contributed by atoms with Gasteiger partial charge in [-0.15, -0.1) is 0 Å². The van der Waals surface area contributed by atoms with E-state index in [0.717, 1.165) is 33.4 Å². The zero-order valence-corrected chi connectivity index (χ0v) is 22.8. The second-order valence-corrected chi connectivity index (χ2v) is 10.4. The predicted molar refractivity (Wildman–Crippen MR) is 175 cm³/mol. The van der Waals surface area contributed by atoms with E-state index < -0.39 is 0 Å². The minimum absolute atomic E-state index is 0.641. The first-order valence-corrected chi connectivity index (χ1v) is 14.1. The van der Waals surface area contributed by atoms with Crippen LogP contribution >= 0.6 is 0 Å². The van der Waals surface area contributed by atoms with Crippen LogP contribution in [0.4, 0.5) is 17.1 Å². The molecule has 0 fully saturated rings. The molecule has 42 heavy (non-hydrogen) atoms. The minimum Gasteiger partial charge on any atom is -0.435 e. The van der Waals surface area contributed by atoms with Gasteiger partial charge in [0, 0.05) is 28.3 Å². The molecule has 2 heterocycles. The molecule has 0 amide bonds. The van der Waals surface area contributed by atoms with Crippen molar-refractivity contribution < 1.29 is 4.42 Å². The summed E-state index contributed by atoms with van der Waals surface area (Å²) < 4.78 is 6.45. The summed E-state index contributed by atoms with van der Waals surface area (Å²) in [5.74, 6) is 0. The Hall–Kier alpha value is -5.67. The van der Waals surface area contributed by atoms with Gasteiger partial charge < -0.3 is 9.32 Å². The van der Waals surface area contributed by atoms with E-state index in [1.54, 1.807) is 6.20 Å². The van der Waals surface area contributed by atoms with Crippen LogP contribution in [0.1, 0.15) is 0 Å². The maximum Gasteiger partial charge on any atom is 0.227 e. The zero-order valence-electron chi connectivity index (χ0n) is 22.8. The summed E-state index contributed by atoms with van der Waals surface area (Å²) >= 11 is 0. The molecule has 0 aliphatic carbocycles. The summed E-state index contributed by atoms with van der Waals surface area (Å²) in [6.45, 7) is 0. The fourth-order valence-corrected chi connectivity index (χ4v) is 5.94. The lowest BCUT2D eigenvalue weighted by Gasteiger charge is -2.27. The molecular formula is C39H26N2O. The van der Waals surface area contributed by atoms with E-state index in [2.05, 4.69) is 149 Å². The topological polar surface area (TPSA) is 29.3 Å². The normalized spacial score (nSPS) is 11.3. The molecule has 0 aliphatic heterocycles. The molecule has 0 aliphatic rings. The molecule has 0 atom stereocenters. The van der Waals surface area contributed by atoms with E-state index in [9.17, 15) is 0 Å². The Morgan fingerprint density at radius 3 is 1.95 bits per heavy atom. The first kappa shape index (κ1) is 24.2. The summed E-state index contributed by atoms with van der Waals surface area (Å²) in [5.41, 5.74) is 9.26. The first-order chi connectivity index (χ1) is 20.8. The van der Waals surface area contributed by atoms with Crippen LogP contribution in [0.25, 0.3) is 55.1 Å². The van der Waals surface area contributed by atoms with Crippen LogP contribution in [0, 0.1) is 0 Å². The number of hydrogen-bond donors (Lipinski definition) is 0. The molecule has 0 saturated carbocycles. The fraction of sp³-hybridized carbons (Fsp3) is 0. The van der Waals surface area contributed by atoms with Crippen LogP contribution < -0.4 is 4.90 Å². The smallest absolute Gasteiger partial charge is 0.227 e. The largest absolute Gasteiger partial charge is 0.435 e. The molecule has 0 radical (unpaired) electrons. The molecule has 3 heteroatoms. The van der Waals surface area contributed by atoms with Gasteiger partial charge >= 0.3 is 0 Å². The number of fused-ring (bicyclic) bond motifs is 4. The van der Waals surface area contributed by atoms with Gasteiger partial charge in [-0.05, 0) is 75.5 Å². The molecule has 0 unspecified atom stereocenters. The number of rotatable bonds is 5. The number of furan rings is 1. The Morgan fingerprint density at radius 1 is 0.476 bits per heavy atom. The van der Waals surface area contributed by atoms with Gasteiger partial charge in [0.15, 0.2) is 5.58 Å². The van der Waals surface area contributed by atoms with Crippen LogP contribution in [-0.4, -0.2) is 4.98 Å². The van der Waals surface area contributed by atoms with Crippen molar-refractivity contribution in [3.05, 3.63) is 158 Å². The van der Waals surface area contributed by atoms with Gasteiger partial charge in [-0.1, -0.05) is 109 Å². The summed E-state index contributed by atoms with van der Waals surface area (Å²) in [7, 11) is 0. The Kier molecular flexibility index (Phi) is 5.79. The summed E-state index contributed by atoms with van der Waals surface area (Å²) in [5, 5.41) is 4.46. The zero-order chi connectivity index (χ0) is 27.9. The summed E-state index contributed by atoms with van der Waals surface area (Å²) in [6, 6.07) is 53.4. The Balaban J connectivity index is 1.39. The van der Waals surface area contributed by atoms with Crippen molar-refractivity contribution in [3.63, 3.8) is 0 Å². The molecule has 198 valence electrons. The van der Waals surface area contributed by atoms with Gasteiger partial charge in [0.2, 0.25) is 5.71 Å². The van der Waals surface area contributed by atoms with Gasteiger partial charge in [-0.3, -0.25) is 0 Å². The lowest BCUT2D eigenvalue weighted by Crippen LogP contribution is -2.10. The van der Waals surface area contributed by atoms with Crippen molar-refractivity contribution in [1.82, 2.24) is 4.98 Å². The van der Waals surface area contributed by atoms with E-state index in [1.165, 1.54) is 33.0 Å². The Labute approximate surface area is 243 Å². The fourth-order valence-electron chi connectivity index (χ4n) is 5.94. The maximum atomic E-state index is 6.45. The average molecular weight is 539 g/mol. The van der Waals surface area contributed by atoms with Crippen molar-refractivity contribution in [1.29, 1.82) is 0 Å².